The molecule has 0 aliphatic rings. The van der Waals surface area contributed by atoms with Crippen LogP contribution in [0.5, 0.6) is 0 Å². The van der Waals surface area contributed by atoms with Gasteiger partial charge in [-0.2, -0.15) is 0 Å². The first-order chi connectivity index (χ1) is 16.0. The van der Waals surface area contributed by atoms with Gasteiger partial charge in [-0.25, -0.2) is 4.98 Å². The van der Waals surface area contributed by atoms with Gasteiger partial charge in [-0.1, -0.05) is 71.4 Å². The van der Waals surface area contributed by atoms with Gasteiger partial charge in [0, 0.05) is 34.6 Å². The molecule has 4 aromatic rings. The molecule has 0 aliphatic carbocycles. The fraction of sp³-hybridized carbons (Fsp3) is 0.130. The first-order valence-electron chi connectivity index (χ1n) is 9.95. The second-order valence-electron chi connectivity index (χ2n) is 6.92. The van der Waals surface area contributed by atoms with Crippen molar-refractivity contribution in [2.45, 2.75) is 18.1 Å². The van der Waals surface area contributed by atoms with Crippen LogP contribution in [0.3, 0.4) is 0 Å². The minimum absolute atomic E-state index is 0.164. The highest BCUT2D eigenvalue weighted by atomic mass is 35.5. The van der Waals surface area contributed by atoms with E-state index in [9.17, 15) is 4.79 Å². The summed E-state index contributed by atoms with van der Waals surface area (Å²) in [6.07, 6.45) is 4.18. The molecule has 1 N–H and O–H groups in total. The Kier molecular flexibility index (Phi) is 7.82. The summed E-state index contributed by atoms with van der Waals surface area (Å²) in [6.45, 7) is 4.30. The Morgan fingerprint density at radius 1 is 1.12 bits per heavy atom. The molecule has 0 aliphatic heterocycles. The van der Waals surface area contributed by atoms with E-state index in [2.05, 4.69) is 27.1 Å². The third-order valence-corrected chi connectivity index (χ3v) is 7.18. The van der Waals surface area contributed by atoms with Crippen molar-refractivity contribution in [3.05, 3.63) is 87.9 Å². The predicted octanol–water partition coefficient (Wildman–Crippen LogP) is 6.22. The summed E-state index contributed by atoms with van der Waals surface area (Å²) in [5.74, 6) is 0.621. The summed E-state index contributed by atoms with van der Waals surface area (Å²) in [4.78, 5) is 17.8. The number of carbonyl (C=O) groups excluding carboxylic acids is 1. The van der Waals surface area contributed by atoms with Gasteiger partial charge >= 0.3 is 0 Å². The molecule has 0 bridgehead atoms. The van der Waals surface area contributed by atoms with Crippen molar-refractivity contribution in [1.29, 1.82) is 0 Å². The van der Waals surface area contributed by atoms with E-state index in [-0.39, 0.29) is 11.7 Å². The van der Waals surface area contributed by atoms with Crippen molar-refractivity contribution < 1.29 is 4.79 Å². The summed E-state index contributed by atoms with van der Waals surface area (Å²) in [5.41, 5.74) is 1.80. The maximum absolute atomic E-state index is 12.5. The zero-order valence-electron chi connectivity index (χ0n) is 17.4. The van der Waals surface area contributed by atoms with Crippen LogP contribution in [0.15, 0.2) is 72.5 Å². The van der Waals surface area contributed by atoms with E-state index >= 15 is 0 Å². The number of aromatic nitrogens is 4. The van der Waals surface area contributed by atoms with Crippen LogP contribution in [-0.2, 0) is 17.8 Å². The van der Waals surface area contributed by atoms with E-state index in [4.69, 9.17) is 23.2 Å². The Hall–Kier alpha value is -2.65. The first kappa shape index (κ1) is 23.5. The minimum Gasteiger partial charge on any atom is -0.301 e. The van der Waals surface area contributed by atoms with Crippen LogP contribution < -0.4 is 5.32 Å². The smallest absolute Gasteiger partial charge is 0.236 e. The van der Waals surface area contributed by atoms with Gasteiger partial charge in [-0.05, 0) is 23.8 Å². The number of hydrogen-bond acceptors (Lipinski definition) is 6. The molecular formula is C23H19Cl2N5OS2. The number of hydrogen-bond donors (Lipinski definition) is 1. The fourth-order valence-electron chi connectivity index (χ4n) is 3.09. The van der Waals surface area contributed by atoms with Crippen molar-refractivity contribution in [3.8, 4) is 11.4 Å². The molecule has 2 heterocycles. The zero-order valence-corrected chi connectivity index (χ0v) is 20.5. The molecule has 10 heteroatoms. The molecule has 0 fully saturated rings. The highest BCUT2D eigenvalue weighted by Gasteiger charge is 2.17. The number of amides is 1. The molecule has 0 saturated carbocycles. The molecule has 2 aromatic heterocycles. The summed E-state index contributed by atoms with van der Waals surface area (Å²) in [5, 5.41) is 13.8. The highest BCUT2D eigenvalue weighted by molar-refractivity contribution is 7.99. The Labute approximate surface area is 209 Å². The summed E-state index contributed by atoms with van der Waals surface area (Å²) in [6, 6.07) is 15.1. The minimum atomic E-state index is -0.175. The first-order valence-corrected chi connectivity index (χ1v) is 12.5. The van der Waals surface area contributed by atoms with E-state index in [0.29, 0.717) is 39.1 Å². The monoisotopic (exact) mass is 515 g/mol. The van der Waals surface area contributed by atoms with Crippen LogP contribution in [0, 0.1) is 0 Å². The molecule has 0 atom stereocenters. The summed E-state index contributed by atoms with van der Waals surface area (Å²) in [7, 11) is 0. The number of rotatable bonds is 9. The van der Waals surface area contributed by atoms with Crippen LogP contribution >= 0.6 is 46.3 Å². The fourth-order valence-corrected chi connectivity index (χ4v) is 5.12. The lowest BCUT2D eigenvalue weighted by atomic mass is 10.1. The quantitative estimate of drug-likeness (QED) is 0.211. The van der Waals surface area contributed by atoms with Gasteiger partial charge in [0.2, 0.25) is 5.91 Å². The highest BCUT2D eigenvalue weighted by Crippen LogP contribution is 2.30. The average molecular weight is 516 g/mol. The van der Waals surface area contributed by atoms with Crippen molar-refractivity contribution in [2.75, 3.05) is 11.1 Å². The number of allylic oxidation sites excluding steroid dienone is 1. The van der Waals surface area contributed by atoms with Crippen LogP contribution in [0.4, 0.5) is 5.13 Å². The number of benzene rings is 2. The second-order valence-corrected chi connectivity index (χ2v) is 9.79. The molecule has 1 amide bonds. The number of nitrogens with one attached hydrogen (secondary N) is 1. The van der Waals surface area contributed by atoms with Crippen LogP contribution in [0.25, 0.3) is 11.4 Å². The van der Waals surface area contributed by atoms with Crippen LogP contribution in [0.1, 0.15) is 10.4 Å². The molecule has 33 heavy (non-hydrogen) atoms. The van der Waals surface area contributed by atoms with Gasteiger partial charge in [0.15, 0.2) is 16.1 Å². The number of halogens is 2. The lowest BCUT2D eigenvalue weighted by molar-refractivity contribution is -0.113. The molecule has 168 valence electrons. The molecule has 0 saturated heterocycles. The topological polar surface area (TPSA) is 72.7 Å². The standard InChI is InChI=1S/C23H19Cl2N5OS2/c1-2-11-30-21(17-8-4-6-10-19(17)25)28-29-23(30)32-14-20(31)27-22-26-13-16(33-22)12-15-7-3-5-9-18(15)24/h2-10,13H,1,11-12,14H2,(H,26,27,31). The van der Waals surface area contributed by atoms with Gasteiger partial charge in [0.25, 0.3) is 0 Å². The third-order valence-electron chi connectivity index (χ3n) is 4.60. The number of thiazole rings is 1. The Balaban J connectivity index is 1.39. The molecule has 6 nitrogen and oxygen atoms in total. The number of thioether (sulfide) groups is 1. The lowest BCUT2D eigenvalue weighted by Crippen LogP contribution is -2.14. The van der Waals surface area contributed by atoms with E-state index in [1.54, 1.807) is 18.3 Å². The Bertz CT molecular complexity index is 1290. The van der Waals surface area contributed by atoms with E-state index < -0.39 is 0 Å². The number of nitrogens with zero attached hydrogens (tertiary/aromatic N) is 4. The van der Waals surface area contributed by atoms with Crippen molar-refractivity contribution in [1.82, 2.24) is 19.7 Å². The predicted molar refractivity (Wildman–Crippen MR) is 136 cm³/mol. The van der Waals surface area contributed by atoms with Crippen molar-refractivity contribution in [2.24, 2.45) is 0 Å². The number of carbonyl (C=O) groups is 1. The van der Waals surface area contributed by atoms with E-state index in [1.165, 1.54) is 23.1 Å². The molecule has 2 aromatic carbocycles. The SMILES string of the molecule is C=CCn1c(SCC(=O)Nc2ncc(Cc3ccccc3Cl)s2)nnc1-c1ccccc1Cl. The molecule has 0 spiro atoms. The normalized spacial score (nSPS) is 10.8. The largest absolute Gasteiger partial charge is 0.301 e. The maximum atomic E-state index is 12.5. The van der Waals surface area contributed by atoms with Crippen LogP contribution in [0.2, 0.25) is 10.0 Å². The van der Waals surface area contributed by atoms with Gasteiger partial charge in [-0.15, -0.1) is 28.1 Å². The molecule has 4 rings (SSSR count). The molecule has 0 radical (unpaired) electrons. The van der Waals surface area contributed by atoms with Gasteiger partial charge in [-0.3, -0.25) is 9.36 Å². The van der Waals surface area contributed by atoms with Crippen molar-refractivity contribution >= 4 is 57.3 Å². The van der Waals surface area contributed by atoms with Crippen molar-refractivity contribution in [3.63, 3.8) is 0 Å². The Morgan fingerprint density at radius 2 is 1.88 bits per heavy atom. The zero-order chi connectivity index (χ0) is 23.2. The second kappa shape index (κ2) is 11.0. The Morgan fingerprint density at radius 3 is 2.64 bits per heavy atom. The van der Waals surface area contributed by atoms with Gasteiger partial charge < -0.3 is 5.32 Å². The van der Waals surface area contributed by atoms with Gasteiger partial charge in [0.1, 0.15) is 0 Å². The summed E-state index contributed by atoms with van der Waals surface area (Å²) < 4.78 is 1.89. The molecule has 0 unspecified atom stereocenters. The number of anilines is 1. The molecular weight excluding hydrogens is 497 g/mol. The average Bonchev–Trinajstić information content (AvgIpc) is 3.41. The van der Waals surface area contributed by atoms with Gasteiger partial charge in [0.05, 0.1) is 10.8 Å². The third kappa shape index (κ3) is 5.83. The lowest BCUT2D eigenvalue weighted by Gasteiger charge is -2.08. The van der Waals surface area contributed by atoms with E-state index in [1.807, 2.05) is 47.0 Å². The van der Waals surface area contributed by atoms with E-state index in [0.717, 1.165) is 16.0 Å². The maximum Gasteiger partial charge on any atom is 0.236 e. The summed E-state index contributed by atoms with van der Waals surface area (Å²) >= 11 is 15.3. The van der Waals surface area contributed by atoms with Crippen LogP contribution in [-0.4, -0.2) is 31.4 Å².